The molecular weight excluding hydrogens is 310 g/mol. The van der Waals surface area contributed by atoms with Crippen LogP contribution in [0.3, 0.4) is 0 Å². The van der Waals surface area contributed by atoms with Gasteiger partial charge in [-0.3, -0.25) is 9.59 Å². The van der Waals surface area contributed by atoms with Gasteiger partial charge in [-0.15, -0.1) is 0 Å². The van der Waals surface area contributed by atoms with E-state index in [1.165, 1.54) is 7.11 Å². The molecule has 1 rings (SSSR count). The Kier molecular flexibility index (Phi) is 8.54. The van der Waals surface area contributed by atoms with E-state index < -0.39 is 18.1 Å². The summed E-state index contributed by atoms with van der Waals surface area (Å²) >= 11 is 0. The third-order valence-corrected chi connectivity index (χ3v) is 3.40. The molecule has 6 heteroatoms. The second-order valence-electron chi connectivity index (χ2n) is 5.93. The van der Waals surface area contributed by atoms with Gasteiger partial charge < -0.3 is 14.8 Å². The summed E-state index contributed by atoms with van der Waals surface area (Å²) in [6.07, 6.45) is -0.121. The van der Waals surface area contributed by atoms with E-state index in [9.17, 15) is 14.4 Å². The topological polar surface area (TPSA) is 81.7 Å². The maximum atomic E-state index is 12.2. The number of nitrogens with one attached hydrogen (secondary N) is 1. The van der Waals surface area contributed by atoms with Crippen LogP contribution in [0.15, 0.2) is 30.3 Å². The zero-order chi connectivity index (χ0) is 17.9. The van der Waals surface area contributed by atoms with Crippen molar-refractivity contribution in [2.75, 3.05) is 7.11 Å². The second-order valence-corrected chi connectivity index (χ2v) is 5.93. The van der Waals surface area contributed by atoms with Gasteiger partial charge in [0, 0.05) is 6.42 Å². The molecule has 0 fully saturated rings. The van der Waals surface area contributed by atoms with Crippen molar-refractivity contribution in [1.82, 2.24) is 5.32 Å². The summed E-state index contributed by atoms with van der Waals surface area (Å²) in [7, 11) is 1.28. The average Bonchev–Trinajstić information content (AvgIpc) is 2.57. The minimum atomic E-state index is -0.669. The van der Waals surface area contributed by atoms with Gasteiger partial charge in [0.1, 0.15) is 6.61 Å². The summed E-state index contributed by atoms with van der Waals surface area (Å²) < 4.78 is 9.67. The van der Waals surface area contributed by atoms with Crippen molar-refractivity contribution in [3.8, 4) is 0 Å². The van der Waals surface area contributed by atoms with Crippen molar-refractivity contribution >= 4 is 17.8 Å². The third kappa shape index (κ3) is 7.76. The van der Waals surface area contributed by atoms with E-state index in [4.69, 9.17) is 4.74 Å². The number of ketones is 1. The van der Waals surface area contributed by atoms with Crippen molar-refractivity contribution in [2.24, 2.45) is 5.92 Å². The lowest BCUT2D eigenvalue weighted by atomic mass is 9.98. The standard InChI is InChI=1S/C18H25NO5/c1-13(2)11-15(16(20)9-10-17(21)23-3)19-18(22)24-12-14-7-5-4-6-8-14/h4-8,13,15H,9-12H2,1-3H3,(H,19,22)/t15-/m1/s1. The summed E-state index contributed by atoms with van der Waals surface area (Å²) in [5, 5.41) is 2.60. The smallest absolute Gasteiger partial charge is 0.408 e. The highest BCUT2D eigenvalue weighted by molar-refractivity contribution is 5.89. The minimum absolute atomic E-state index is 0.00463. The van der Waals surface area contributed by atoms with Crippen LogP contribution in [-0.4, -0.2) is 31.0 Å². The molecule has 0 aliphatic rings. The largest absolute Gasteiger partial charge is 0.469 e. The Balaban J connectivity index is 2.52. The van der Waals surface area contributed by atoms with Crippen molar-refractivity contribution in [1.29, 1.82) is 0 Å². The first-order valence-electron chi connectivity index (χ1n) is 7.99. The van der Waals surface area contributed by atoms with E-state index in [1.54, 1.807) is 0 Å². The number of carbonyl (C=O) groups excluding carboxylic acids is 3. The van der Waals surface area contributed by atoms with Crippen LogP contribution < -0.4 is 5.32 Å². The highest BCUT2D eigenvalue weighted by Crippen LogP contribution is 2.10. The molecule has 0 aliphatic heterocycles. The highest BCUT2D eigenvalue weighted by Gasteiger charge is 2.23. The number of benzene rings is 1. The summed E-state index contributed by atoms with van der Waals surface area (Å²) in [6.45, 7) is 4.05. The Bertz CT molecular complexity index is 542. The van der Waals surface area contributed by atoms with E-state index in [-0.39, 0.29) is 31.1 Å². The van der Waals surface area contributed by atoms with E-state index >= 15 is 0 Å². The number of hydrogen-bond donors (Lipinski definition) is 1. The average molecular weight is 335 g/mol. The fourth-order valence-corrected chi connectivity index (χ4v) is 2.15. The molecule has 24 heavy (non-hydrogen) atoms. The molecule has 0 aliphatic carbocycles. The Labute approximate surface area is 142 Å². The summed E-state index contributed by atoms with van der Waals surface area (Å²) in [5.41, 5.74) is 0.866. The maximum absolute atomic E-state index is 12.2. The molecule has 1 amide bonds. The van der Waals surface area contributed by atoms with Crippen LogP contribution in [0.1, 0.15) is 38.7 Å². The molecule has 0 bridgehead atoms. The van der Waals surface area contributed by atoms with Crippen LogP contribution in [0.5, 0.6) is 0 Å². The highest BCUT2D eigenvalue weighted by atomic mass is 16.5. The monoisotopic (exact) mass is 335 g/mol. The number of carbonyl (C=O) groups is 3. The Morgan fingerprint density at radius 3 is 2.33 bits per heavy atom. The number of esters is 1. The Hall–Kier alpha value is -2.37. The fraction of sp³-hybridized carbons (Fsp3) is 0.500. The zero-order valence-corrected chi connectivity index (χ0v) is 14.4. The second kappa shape index (κ2) is 10.4. The SMILES string of the molecule is COC(=O)CCC(=O)[C@@H](CC(C)C)NC(=O)OCc1ccccc1. The molecule has 0 saturated carbocycles. The van der Waals surface area contributed by atoms with Crippen molar-refractivity contribution in [2.45, 2.75) is 45.8 Å². The first-order chi connectivity index (χ1) is 11.4. The summed E-state index contributed by atoms with van der Waals surface area (Å²) in [5.74, 6) is -0.435. The number of ether oxygens (including phenoxy) is 2. The molecule has 0 aromatic heterocycles. The molecule has 0 saturated heterocycles. The molecule has 132 valence electrons. The maximum Gasteiger partial charge on any atom is 0.408 e. The number of hydrogen-bond acceptors (Lipinski definition) is 5. The minimum Gasteiger partial charge on any atom is -0.469 e. The molecule has 6 nitrogen and oxygen atoms in total. The number of alkyl carbamates (subject to hydrolysis) is 1. The lowest BCUT2D eigenvalue weighted by Gasteiger charge is -2.19. The molecule has 1 N–H and O–H groups in total. The zero-order valence-electron chi connectivity index (χ0n) is 14.4. The Morgan fingerprint density at radius 2 is 1.75 bits per heavy atom. The predicted octanol–water partition coefficient (Wildman–Crippen LogP) is 2.85. The van der Waals surface area contributed by atoms with Crippen molar-refractivity contribution in [3.05, 3.63) is 35.9 Å². The van der Waals surface area contributed by atoms with Gasteiger partial charge in [-0.05, 0) is 17.9 Å². The third-order valence-electron chi connectivity index (χ3n) is 3.40. The molecular formula is C18H25NO5. The predicted molar refractivity (Wildman–Crippen MR) is 89.3 cm³/mol. The van der Waals surface area contributed by atoms with E-state index in [0.717, 1.165) is 5.56 Å². The van der Waals surface area contributed by atoms with Crippen molar-refractivity contribution in [3.63, 3.8) is 0 Å². The van der Waals surface area contributed by atoms with Gasteiger partial charge in [-0.1, -0.05) is 44.2 Å². The van der Waals surface area contributed by atoms with Gasteiger partial charge in [-0.2, -0.15) is 0 Å². The van der Waals surface area contributed by atoms with Crippen LogP contribution in [0.2, 0.25) is 0 Å². The van der Waals surface area contributed by atoms with Crippen LogP contribution in [0, 0.1) is 5.92 Å². The molecule has 0 spiro atoms. The summed E-state index contributed by atoms with van der Waals surface area (Å²) in [4.78, 5) is 35.3. The number of methoxy groups -OCH3 is 1. The van der Waals surface area contributed by atoms with E-state index in [2.05, 4.69) is 10.1 Å². The molecule has 0 unspecified atom stereocenters. The van der Waals surface area contributed by atoms with Crippen LogP contribution in [0.4, 0.5) is 4.79 Å². The first kappa shape index (κ1) is 19.7. The quantitative estimate of drug-likeness (QED) is 0.702. The molecule has 1 aromatic rings. The van der Waals surface area contributed by atoms with Gasteiger partial charge in [0.05, 0.1) is 19.6 Å². The summed E-state index contributed by atoms with van der Waals surface area (Å²) in [6, 6.07) is 8.62. The lowest BCUT2D eigenvalue weighted by Crippen LogP contribution is -2.42. The number of Topliss-reactive ketones (excluding diaryl/α,β-unsaturated/α-hetero) is 1. The molecule has 1 atom stereocenters. The Morgan fingerprint density at radius 1 is 1.08 bits per heavy atom. The molecule has 0 heterocycles. The van der Waals surface area contributed by atoms with Crippen LogP contribution >= 0.6 is 0 Å². The van der Waals surface area contributed by atoms with E-state index in [1.807, 2.05) is 44.2 Å². The van der Waals surface area contributed by atoms with Crippen LogP contribution in [0.25, 0.3) is 0 Å². The van der Waals surface area contributed by atoms with Crippen molar-refractivity contribution < 1.29 is 23.9 Å². The normalized spacial score (nSPS) is 11.7. The van der Waals surface area contributed by atoms with Gasteiger partial charge in [0.2, 0.25) is 0 Å². The van der Waals surface area contributed by atoms with Gasteiger partial charge in [0.15, 0.2) is 5.78 Å². The van der Waals surface area contributed by atoms with Gasteiger partial charge in [-0.25, -0.2) is 4.79 Å². The lowest BCUT2D eigenvalue weighted by molar-refractivity contribution is -0.142. The number of amides is 1. The molecule has 1 aromatic carbocycles. The van der Waals surface area contributed by atoms with E-state index in [0.29, 0.717) is 6.42 Å². The van der Waals surface area contributed by atoms with Gasteiger partial charge >= 0.3 is 12.1 Å². The first-order valence-corrected chi connectivity index (χ1v) is 7.99. The van der Waals surface area contributed by atoms with Gasteiger partial charge in [0.25, 0.3) is 0 Å². The number of rotatable bonds is 9. The molecule has 0 radical (unpaired) electrons. The van der Waals surface area contributed by atoms with Crippen LogP contribution in [-0.2, 0) is 25.7 Å². The fourth-order valence-electron chi connectivity index (χ4n) is 2.15.